The van der Waals surface area contributed by atoms with Gasteiger partial charge in [-0.3, -0.25) is 4.98 Å². The van der Waals surface area contributed by atoms with E-state index < -0.39 is 0 Å². The summed E-state index contributed by atoms with van der Waals surface area (Å²) in [6, 6.07) is 3.81. The second-order valence-electron chi connectivity index (χ2n) is 3.20. The second kappa shape index (κ2) is 5.03. The Balaban J connectivity index is 2.68. The second-order valence-corrected chi connectivity index (χ2v) is 3.20. The molecule has 1 heterocycles. The van der Waals surface area contributed by atoms with Gasteiger partial charge in [0.25, 0.3) is 0 Å². The van der Waals surface area contributed by atoms with Crippen molar-refractivity contribution in [2.24, 2.45) is 0 Å². The highest BCUT2D eigenvalue weighted by Gasteiger charge is 1.98. The number of nitriles is 1. The third kappa shape index (κ3) is 2.91. The van der Waals surface area contributed by atoms with Crippen LogP contribution < -0.4 is 5.32 Å². The number of allylic oxidation sites excluding steroid dienone is 1. The lowest BCUT2D eigenvalue weighted by Crippen LogP contribution is -2.01. The van der Waals surface area contributed by atoms with Crippen molar-refractivity contribution in [2.75, 3.05) is 11.9 Å². The van der Waals surface area contributed by atoms with Gasteiger partial charge in [-0.15, -0.1) is 0 Å². The van der Waals surface area contributed by atoms with Gasteiger partial charge in [0.1, 0.15) is 6.07 Å². The van der Waals surface area contributed by atoms with Crippen LogP contribution in [0.25, 0.3) is 0 Å². The molecule has 0 fully saturated rings. The molecule has 0 aliphatic carbocycles. The zero-order chi connectivity index (χ0) is 10.4. The van der Waals surface area contributed by atoms with E-state index in [-0.39, 0.29) is 0 Å². The summed E-state index contributed by atoms with van der Waals surface area (Å²) in [6.07, 6.45) is 5.34. The highest BCUT2D eigenvalue weighted by molar-refractivity contribution is 5.55. The number of nitrogens with one attached hydrogen (secondary N) is 1. The standard InChI is InChI=1S/C11H13N3/c1-9(2)3-6-14-11-8-13-5-4-10(11)7-12/h3-5,8,14H,6H2,1-2H3. The first-order valence-electron chi connectivity index (χ1n) is 4.45. The lowest BCUT2D eigenvalue weighted by atomic mass is 10.2. The first-order valence-corrected chi connectivity index (χ1v) is 4.45. The van der Waals surface area contributed by atoms with Crippen LogP contribution in [-0.4, -0.2) is 11.5 Å². The van der Waals surface area contributed by atoms with Crippen LogP contribution in [0.2, 0.25) is 0 Å². The first-order chi connectivity index (χ1) is 6.74. The minimum Gasteiger partial charge on any atom is -0.379 e. The Morgan fingerprint density at radius 3 is 3.07 bits per heavy atom. The van der Waals surface area contributed by atoms with Gasteiger partial charge in [0.15, 0.2) is 0 Å². The van der Waals surface area contributed by atoms with E-state index in [4.69, 9.17) is 5.26 Å². The molecule has 14 heavy (non-hydrogen) atoms. The summed E-state index contributed by atoms with van der Waals surface area (Å²) in [5.74, 6) is 0. The molecule has 3 nitrogen and oxygen atoms in total. The summed E-state index contributed by atoms with van der Waals surface area (Å²) in [6.45, 7) is 4.80. The summed E-state index contributed by atoms with van der Waals surface area (Å²) in [7, 11) is 0. The average molecular weight is 187 g/mol. The van der Waals surface area contributed by atoms with Crippen LogP contribution in [0.5, 0.6) is 0 Å². The Bertz CT molecular complexity index is 370. The van der Waals surface area contributed by atoms with Crippen LogP contribution in [-0.2, 0) is 0 Å². The summed E-state index contributed by atoms with van der Waals surface area (Å²) >= 11 is 0. The van der Waals surface area contributed by atoms with E-state index in [0.29, 0.717) is 5.56 Å². The molecular formula is C11H13N3. The van der Waals surface area contributed by atoms with Gasteiger partial charge in [-0.25, -0.2) is 0 Å². The summed E-state index contributed by atoms with van der Waals surface area (Å²) < 4.78 is 0. The maximum absolute atomic E-state index is 8.79. The van der Waals surface area contributed by atoms with Gasteiger partial charge in [-0.05, 0) is 19.9 Å². The molecule has 0 saturated heterocycles. The zero-order valence-electron chi connectivity index (χ0n) is 8.41. The third-order valence-electron chi connectivity index (χ3n) is 1.74. The minimum absolute atomic E-state index is 0.627. The molecule has 0 saturated carbocycles. The molecule has 0 atom stereocenters. The fourth-order valence-electron chi connectivity index (χ4n) is 0.998. The molecule has 3 heteroatoms. The maximum atomic E-state index is 8.79. The Morgan fingerprint density at radius 2 is 2.43 bits per heavy atom. The van der Waals surface area contributed by atoms with Crippen molar-refractivity contribution in [3.63, 3.8) is 0 Å². The summed E-state index contributed by atoms with van der Waals surface area (Å²) in [5, 5.41) is 11.9. The largest absolute Gasteiger partial charge is 0.379 e. The van der Waals surface area contributed by atoms with E-state index in [2.05, 4.69) is 22.4 Å². The van der Waals surface area contributed by atoms with Gasteiger partial charge in [-0.1, -0.05) is 11.6 Å². The van der Waals surface area contributed by atoms with Crippen molar-refractivity contribution < 1.29 is 0 Å². The van der Waals surface area contributed by atoms with Crippen molar-refractivity contribution in [1.29, 1.82) is 5.26 Å². The van der Waals surface area contributed by atoms with Gasteiger partial charge in [0.05, 0.1) is 17.4 Å². The van der Waals surface area contributed by atoms with Crippen molar-refractivity contribution in [1.82, 2.24) is 4.98 Å². The molecule has 0 unspecified atom stereocenters. The molecular weight excluding hydrogens is 174 g/mol. The molecule has 0 radical (unpaired) electrons. The normalized spacial score (nSPS) is 8.93. The summed E-state index contributed by atoms with van der Waals surface area (Å²) in [5.41, 5.74) is 2.66. The van der Waals surface area contributed by atoms with Gasteiger partial charge < -0.3 is 5.32 Å². The quantitative estimate of drug-likeness (QED) is 0.739. The van der Waals surface area contributed by atoms with E-state index in [1.165, 1.54) is 5.57 Å². The molecule has 0 amide bonds. The van der Waals surface area contributed by atoms with Gasteiger partial charge in [-0.2, -0.15) is 5.26 Å². The number of hydrogen-bond donors (Lipinski definition) is 1. The molecule has 0 aliphatic rings. The number of hydrogen-bond acceptors (Lipinski definition) is 3. The Kier molecular flexibility index (Phi) is 3.69. The predicted octanol–water partition coefficient (Wildman–Crippen LogP) is 2.33. The van der Waals surface area contributed by atoms with Crippen LogP contribution in [0.3, 0.4) is 0 Å². The molecule has 0 aromatic carbocycles. The van der Waals surface area contributed by atoms with Crippen LogP contribution >= 0.6 is 0 Å². The molecule has 1 aromatic heterocycles. The smallest absolute Gasteiger partial charge is 0.101 e. The Morgan fingerprint density at radius 1 is 1.64 bits per heavy atom. The topological polar surface area (TPSA) is 48.7 Å². The van der Waals surface area contributed by atoms with Crippen molar-refractivity contribution >= 4 is 5.69 Å². The van der Waals surface area contributed by atoms with E-state index in [0.717, 1.165) is 12.2 Å². The lowest BCUT2D eigenvalue weighted by Gasteiger charge is -2.04. The molecule has 1 rings (SSSR count). The first kappa shape index (κ1) is 10.3. The minimum atomic E-state index is 0.627. The Hall–Kier alpha value is -1.82. The average Bonchev–Trinajstić information content (AvgIpc) is 2.18. The molecule has 0 aliphatic heterocycles. The van der Waals surface area contributed by atoms with E-state index in [1.807, 2.05) is 13.8 Å². The lowest BCUT2D eigenvalue weighted by molar-refractivity contribution is 1.23. The molecule has 0 spiro atoms. The highest BCUT2D eigenvalue weighted by atomic mass is 14.9. The van der Waals surface area contributed by atoms with Gasteiger partial charge in [0.2, 0.25) is 0 Å². The van der Waals surface area contributed by atoms with Crippen molar-refractivity contribution in [3.05, 3.63) is 35.7 Å². The predicted molar refractivity (Wildman–Crippen MR) is 56.9 cm³/mol. The van der Waals surface area contributed by atoms with Crippen LogP contribution in [0.4, 0.5) is 5.69 Å². The molecule has 1 aromatic rings. The number of rotatable bonds is 3. The van der Waals surface area contributed by atoms with Crippen LogP contribution in [0.1, 0.15) is 19.4 Å². The van der Waals surface area contributed by atoms with Gasteiger partial charge >= 0.3 is 0 Å². The van der Waals surface area contributed by atoms with Crippen molar-refractivity contribution in [2.45, 2.75) is 13.8 Å². The number of nitrogens with zero attached hydrogens (tertiary/aromatic N) is 2. The van der Waals surface area contributed by atoms with Crippen LogP contribution in [0.15, 0.2) is 30.1 Å². The number of aromatic nitrogens is 1. The van der Waals surface area contributed by atoms with E-state index in [1.54, 1.807) is 18.5 Å². The van der Waals surface area contributed by atoms with E-state index in [9.17, 15) is 0 Å². The van der Waals surface area contributed by atoms with Crippen molar-refractivity contribution in [3.8, 4) is 6.07 Å². The fraction of sp³-hybridized carbons (Fsp3) is 0.273. The number of pyridine rings is 1. The Labute approximate surface area is 84.1 Å². The molecule has 0 bridgehead atoms. The maximum Gasteiger partial charge on any atom is 0.101 e. The van der Waals surface area contributed by atoms with Gasteiger partial charge in [0, 0.05) is 12.7 Å². The molecule has 1 N–H and O–H groups in total. The summed E-state index contributed by atoms with van der Waals surface area (Å²) in [4.78, 5) is 3.96. The molecule has 72 valence electrons. The van der Waals surface area contributed by atoms with E-state index >= 15 is 0 Å². The number of anilines is 1. The fourth-order valence-corrected chi connectivity index (χ4v) is 0.998. The third-order valence-corrected chi connectivity index (χ3v) is 1.74. The highest BCUT2D eigenvalue weighted by Crippen LogP contribution is 2.11. The monoisotopic (exact) mass is 187 g/mol. The van der Waals surface area contributed by atoms with Crippen LogP contribution in [0, 0.1) is 11.3 Å². The SMILES string of the molecule is CC(C)=CCNc1cnccc1C#N. The zero-order valence-corrected chi connectivity index (χ0v) is 8.41.